The first-order chi connectivity index (χ1) is 11.5. The smallest absolute Gasteiger partial charge is 0.223 e. The minimum atomic E-state index is -0.793. The lowest BCUT2D eigenvalue weighted by atomic mass is 10.0. The molecule has 128 valence electrons. The van der Waals surface area contributed by atoms with Gasteiger partial charge in [0.15, 0.2) is 5.82 Å². The lowest BCUT2D eigenvalue weighted by Gasteiger charge is -2.23. The average molecular weight is 328 g/mol. The number of benzene rings is 1. The van der Waals surface area contributed by atoms with E-state index >= 15 is 0 Å². The van der Waals surface area contributed by atoms with Crippen molar-refractivity contribution >= 4 is 5.91 Å². The van der Waals surface area contributed by atoms with Crippen LogP contribution in [0.4, 0.5) is 0 Å². The summed E-state index contributed by atoms with van der Waals surface area (Å²) in [6.07, 6.45) is 1.06. The Balaban J connectivity index is 1.65. The van der Waals surface area contributed by atoms with Gasteiger partial charge in [-0.2, -0.15) is 5.10 Å². The molecule has 1 aromatic heterocycles. The summed E-state index contributed by atoms with van der Waals surface area (Å²) >= 11 is 0. The lowest BCUT2D eigenvalue weighted by Crippen LogP contribution is -2.34. The van der Waals surface area contributed by atoms with Gasteiger partial charge in [-0.1, -0.05) is 44.2 Å². The van der Waals surface area contributed by atoms with E-state index in [-0.39, 0.29) is 24.3 Å². The molecular weight excluding hydrogens is 304 g/mol. The molecule has 2 atom stereocenters. The summed E-state index contributed by atoms with van der Waals surface area (Å²) in [5.74, 6) is 1.74. The fourth-order valence-electron chi connectivity index (χ4n) is 2.97. The number of rotatable bonds is 5. The maximum Gasteiger partial charge on any atom is 0.223 e. The second-order valence-electron chi connectivity index (χ2n) is 6.60. The Morgan fingerprint density at radius 1 is 1.38 bits per heavy atom. The predicted molar refractivity (Wildman–Crippen MR) is 90.2 cm³/mol. The fourth-order valence-corrected chi connectivity index (χ4v) is 2.97. The maximum atomic E-state index is 12.3. The van der Waals surface area contributed by atoms with Crippen molar-refractivity contribution in [1.29, 1.82) is 0 Å². The quantitative estimate of drug-likeness (QED) is 0.883. The molecule has 0 spiro atoms. The molecule has 1 aliphatic heterocycles. The van der Waals surface area contributed by atoms with Crippen LogP contribution in [-0.2, 0) is 11.3 Å². The Bertz CT molecular complexity index is 696. The van der Waals surface area contributed by atoms with Crippen LogP contribution in [-0.4, -0.2) is 25.8 Å². The topological polar surface area (TPSA) is 80.0 Å². The molecule has 2 heterocycles. The monoisotopic (exact) mass is 328 g/mol. The van der Waals surface area contributed by atoms with Crippen LogP contribution >= 0.6 is 0 Å². The highest BCUT2D eigenvalue weighted by atomic mass is 16.3. The van der Waals surface area contributed by atoms with E-state index in [1.807, 2.05) is 35.0 Å². The number of nitrogens with zero attached hydrogens (tertiary/aromatic N) is 3. The summed E-state index contributed by atoms with van der Waals surface area (Å²) in [7, 11) is 0. The number of aromatic nitrogens is 3. The number of aliphatic hydroxyl groups excluding tert-OH is 1. The first kappa shape index (κ1) is 16.6. The molecule has 2 N–H and O–H groups in total. The number of aliphatic hydroxyl groups is 1. The van der Waals surface area contributed by atoms with Crippen molar-refractivity contribution in [3.8, 4) is 0 Å². The van der Waals surface area contributed by atoms with E-state index in [9.17, 15) is 9.90 Å². The highest BCUT2D eigenvalue weighted by Gasteiger charge is 2.27. The summed E-state index contributed by atoms with van der Waals surface area (Å²) in [6, 6.07) is 9.11. The van der Waals surface area contributed by atoms with Gasteiger partial charge in [-0.15, -0.1) is 0 Å². The number of carbonyl (C=O) groups excluding carboxylic acids is 1. The average Bonchev–Trinajstić information content (AvgIpc) is 3.01. The number of aryl methyl sites for hydroxylation is 1. The highest BCUT2D eigenvalue weighted by Crippen LogP contribution is 2.25. The maximum absolute atomic E-state index is 12.3. The molecule has 2 aromatic rings. The van der Waals surface area contributed by atoms with Crippen LogP contribution in [0.3, 0.4) is 0 Å². The Labute approximate surface area is 141 Å². The van der Waals surface area contributed by atoms with Gasteiger partial charge in [-0.05, 0) is 18.4 Å². The number of hydrogen-bond donors (Lipinski definition) is 2. The van der Waals surface area contributed by atoms with Crippen molar-refractivity contribution in [2.75, 3.05) is 0 Å². The lowest BCUT2D eigenvalue weighted by molar-refractivity contribution is -0.124. The third kappa shape index (κ3) is 3.64. The van der Waals surface area contributed by atoms with Crippen molar-refractivity contribution in [2.45, 2.75) is 57.7 Å². The van der Waals surface area contributed by atoms with Gasteiger partial charge in [0.2, 0.25) is 5.91 Å². The number of nitrogens with one attached hydrogen (secondary N) is 1. The fraction of sp³-hybridized carbons (Fsp3) is 0.500. The number of hydrogen-bond acceptors (Lipinski definition) is 4. The second kappa shape index (κ2) is 7.13. The highest BCUT2D eigenvalue weighted by molar-refractivity contribution is 5.77. The Morgan fingerprint density at radius 2 is 2.12 bits per heavy atom. The first-order valence-electron chi connectivity index (χ1n) is 8.51. The van der Waals surface area contributed by atoms with Crippen LogP contribution in [0.1, 0.15) is 68.4 Å². The van der Waals surface area contributed by atoms with Crippen LogP contribution in [0, 0.1) is 0 Å². The normalized spacial score (nSPS) is 18.2. The van der Waals surface area contributed by atoms with E-state index in [0.717, 1.165) is 36.6 Å². The zero-order chi connectivity index (χ0) is 17.1. The molecule has 0 aliphatic carbocycles. The molecule has 0 radical (unpaired) electrons. The van der Waals surface area contributed by atoms with Crippen molar-refractivity contribution < 1.29 is 9.90 Å². The Hall–Kier alpha value is -2.21. The number of amides is 1. The second-order valence-corrected chi connectivity index (χ2v) is 6.60. The Morgan fingerprint density at radius 3 is 2.83 bits per heavy atom. The SMILES string of the molecule is CC(C)c1nc2n(n1)CCCC2NC(=O)CC(O)c1ccccc1. The summed E-state index contributed by atoms with van der Waals surface area (Å²) in [6.45, 7) is 4.96. The van der Waals surface area contributed by atoms with E-state index < -0.39 is 6.10 Å². The van der Waals surface area contributed by atoms with Gasteiger partial charge in [-0.25, -0.2) is 9.67 Å². The predicted octanol–water partition coefficient (Wildman–Crippen LogP) is 2.48. The van der Waals surface area contributed by atoms with Gasteiger partial charge < -0.3 is 10.4 Å². The zero-order valence-electron chi connectivity index (χ0n) is 14.1. The molecule has 0 fully saturated rings. The molecule has 0 saturated carbocycles. The van der Waals surface area contributed by atoms with Crippen molar-refractivity contribution in [1.82, 2.24) is 20.1 Å². The van der Waals surface area contributed by atoms with E-state index in [4.69, 9.17) is 0 Å². The molecule has 6 nitrogen and oxygen atoms in total. The van der Waals surface area contributed by atoms with Crippen molar-refractivity contribution in [2.24, 2.45) is 0 Å². The van der Waals surface area contributed by atoms with E-state index in [1.165, 1.54) is 0 Å². The van der Waals surface area contributed by atoms with Crippen LogP contribution in [0.15, 0.2) is 30.3 Å². The Kier molecular flexibility index (Phi) is 4.94. The van der Waals surface area contributed by atoms with Gasteiger partial charge in [0.1, 0.15) is 5.82 Å². The van der Waals surface area contributed by atoms with Gasteiger partial charge in [0, 0.05) is 12.5 Å². The van der Waals surface area contributed by atoms with Crippen molar-refractivity contribution in [3.05, 3.63) is 47.5 Å². The van der Waals surface area contributed by atoms with Crippen LogP contribution < -0.4 is 5.32 Å². The summed E-state index contributed by atoms with van der Waals surface area (Å²) in [5.41, 5.74) is 0.751. The van der Waals surface area contributed by atoms with E-state index in [1.54, 1.807) is 0 Å². The standard InChI is InChI=1S/C18H24N4O2/c1-12(2)17-20-18-14(9-6-10-22(18)21-17)19-16(24)11-15(23)13-7-4-3-5-8-13/h3-5,7-8,12,14-15,23H,6,9-11H2,1-2H3,(H,19,24). The molecule has 0 saturated heterocycles. The summed E-state index contributed by atoms with van der Waals surface area (Å²) in [5, 5.41) is 17.7. The van der Waals surface area contributed by atoms with Gasteiger partial charge in [0.25, 0.3) is 0 Å². The van der Waals surface area contributed by atoms with Crippen LogP contribution in [0.25, 0.3) is 0 Å². The number of fused-ring (bicyclic) bond motifs is 1. The largest absolute Gasteiger partial charge is 0.388 e. The van der Waals surface area contributed by atoms with Crippen LogP contribution in [0.2, 0.25) is 0 Å². The minimum absolute atomic E-state index is 0.0473. The third-order valence-electron chi connectivity index (χ3n) is 4.31. The summed E-state index contributed by atoms with van der Waals surface area (Å²) in [4.78, 5) is 16.9. The third-order valence-corrected chi connectivity index (χ3v) is 4.31. The molecular formula is C18H24N4O2. The molecule has 1 aromatic carbocycles. The molecule has 1 aliphatic rings. The molecule has 3 rings (SSSR count). The van der Waals surface area contributed by atoms with E-state index in [2.05, 4.69) is 29.2 Å². The first-order valence-corrected chi connectivity index (χ1v) is 8.51. The van der Waals surface area contributed by atoms with Gasteiger partial charge >= 0.3 is 0 Å². The molecule has 1 amide bonds. The number of carbonyl (C=O) groups is 1. The molecule has 2 unspecified atom stereocenters. The zero-order valence-corrected chi connectivity index (χ0v) is 14.1. The van der Waals surface area contributed by atoms with E-state index in [0.29, 0.717) is 0 Å². The van der Waals surface area contributed by atoms with Gasteiger partial charge in [-0.3, -0.25) is 4.79 Å². The molecule has 0 bridgehead atoms. The minimum Gasteiger partial charge on any atom is -0.388 e. The van der Waals surface area contributed by atoms with Crippen LogP contribution in [0.5, 0.6) is 0 Å². The molecule has 24 heavy (non-hydrogen) atoms. The van der Waals surface area contributed by atoms with Gasteiger partial charge in [0.05, 0.1) is 18.6 Å². The molecule has 6 heteroatoms. The van der Waals surface area contributed by atoms with Crippen molar-refractivity contribution in [3.63, 3.8) is 0 Å². The summed E-state index contributed by atoms with van der Waals surface area (Å²) < 4.78 is 1.90.